The fourth-order valence-electron chi connectivity index (χ4n) is 2.00. The lowest BCUT2D eigenvalue weighted by atomic mass is 10.1. The minimum absolute atomic E-state index is 0.0131. The van der Waals surface area contributed by atoms with Gasteiger partial charge in [0.05, 0.1) is 6.61 Å². The summed E-state index contributed by atoms with van der Waals surface area (Å²) >= 11 is 0. The molecule has 1 heterocycles. The molecule has 0 atom stereocenters. The highest BCUT2D eigenvalue weighted by molar-refractivity contribution is 5.94. The van der Waals surface area contributed by atoms with Crippen LogP contribution in [0.4, 0.5) is 0 Å². The summed E-state index contributed by atoms with van der Waals surface area (Å²) in [7, 11) is 0. The molecular weight excluding hydrogens is 308 g/mol. The predicted molar refractivity (Wildman–Crippen MR) is 89.2 cm³/mol. The highest BCUT2D eigenvalue weighted by atomic mass is 16.5. The van der Waals surface area contributed by atoms with Gasteiger partial charge in [-0.1, -0.05) is 6.07 Å². The zero-order valence-corrected chi connectivity index (χ0v) is 13.7. The van der Waals surface area contributed by atoms with E-state index in [1.54, 1.807) is 36.5 Å². The topological polar surface area (TPSA) is 77.5 Å². The summed E-state index contributed by atoms with van der Waals surface area (Å²) in [5.41, 5.74) is 1.41. The first kappa shape index (κ1) is 17.5. The van der Waals surface area contributed by atoms with Crippen molar-refractivity contribution in [1.29, 1.82) is 0 Å². The molecule has 0 aliphatic rings. The molecule has 0 fully saturated rings. The van der Waals surface area contributed by atoms with Crippen molar-refractivity contribution in [2.45, 2.75) is 20.4 Å². The average Bonchev–Trinajstić information content (AvgIpc) is 2.60. The Balaban J connectivity index is 1.82. The fraction of sp³-hybridized carbons (Fsp3) is 0.278. The summed E-state index contributed by atoms with van der Waals surface area (Å²) in [6.07, 6.45) is 1.64. The first-order chi connectivity index (χ1) is 11.6. The molecule has 1 N–H and O–H groups in total. The Morgan fingerprint density at radius 2 is 1.88 bits per heavy atom. The van der Waals surface area contributed by atoms with Crippen LogP contribution in [-0.2, 0) is 11.3 Å². The van der Waals surface area contributed by atoms with E-state index in [4.69, 9.17) is 9.47 Å². The number of carbonyl (C=O) groups is 2. The third kappa shape index (κ3) is 5.08. The number of amides is 1. The van der Waals surface area contributed by atoms with Crippen molar-refractivity contribution in [2.24, 2.45) is 0 Å². The van der Waals surface area contributed by atoms with Crippen LogP contribution in [0.2, 0.25) is 0 Å². The van der Waals surface area contributed by atoms with E-state index in [-0.39, 0.29) is 18.3 Å². The molecule has 0 saturated heterocycles. The van der Waals surface area contributed by atoms with Gasteiger partial charge in [0.2, 0.25) is 5.88 Å². The largest absolute Gasteiger partial charge is 0.484 e. The smallest absolute Gasteiger partial charge is 0.258 e. The Morgan fingerprint density at radius 1 is 1.12 bits per heavy atom. The molecule has 1 aromatic carbocycles. The first-order valence-electron chi connectivity index (χ1n) is 7.67. The van der Waals surface area contributed by atoms with Crippen molar-refractivity contribution in [2.75, 3.05) is 13.2 Å². The van der Waals surface area contributed by atoms with Gasteiger partial charge in [-0.2, -0.15) is 0 Å². The number of nitrogens with zero attached hydrogens (tertiary/aromatic N) is 1. The van der Waals surface area contributed by atoms with E-state index in [1.807, 2.05) is 13.0 Å². The third-order valence-electron chi connectivity index (χ3n) is 3.24. The molecule has 126 valence electrons. The number of carbonyl (C=O) groups excluding carboxylic acids is 2. The van der Waals surface area contributed by atoms with Crippen LogP contribution in [-0.4, -0.2) is 29.9 Å². The Bertz CT molecular complexity index is 698. The maximum atomic E-state index is 11.9. The van der Waals surface area contributed by atoms with Gasteiger partial charge in [0, 0.05) is 23.9 Å². The van der Waals surface area contributed by atoms with E-state index >= 15 is 0 Å². The maximum absolute atomic E-state index is 11.9. The maximum Gasteiger partial charge on any atom is 0.258 e. The van der Waals surface area contributed by atoms with Crippen LogP contribution in [0.25, 0.3) is 0 Å². The van der Waals surface area contributed by atoms with Crippen LogP contribution in [0.15, 0.2) is 42.6 Å². The van der Waals surface area contributed by atoms with E-state index in [0.29, 0.717) is 30.3 Å². The number of pyridine rings is 1. The van der Waals surface area contributed by atoms with Crippen LogP contribution in [0.3, 0.4) is 0 Å². The summed E-state index contributed by atoms with van der Waals surface area (Å²) in [4.78, 5) is 27.2. The molecular formula is C18H20N2O4. The third-order valence-corrected chi connectivity index (χ3v) is 3.24. The van der Waals surface area contributed by atoms with Crippen LogP contribution in [0, 0.1) is 0 Å². The molecule has 2 aromatic rings. The molecule has 6 heteroatoms. The van der Waals surface area contributed by atoms with E-state index in [2.05, 4.69) is 10.3 Å². The lowest BCUT2D eigenvalue weighted by Gasteiger charge is -2.10. The van der Waals surface area contributed by atoms with E-state index < -0.39 is 0 Å². The molecule has 0 saturated carbocycles. The quantitative estimate of drug-likeness (QED) is 0.753. The van der Waals surface area contributed by atoms with Gasteiger partial charge in [0.1, 0.15) is 5.75 Å². The molecule has 0 spiro atoms. The van der Waals surface area contributed by atoms with E-state index in [0.717, 1.165) is 5.56 Å². The Hall–Kier alpha value is -2.89. The van der Waals surface area contributed by atoms with Gasteiger partial charge in [-0.15, -0.1) is 0 Å². The summed E-state index contributed by atoms with van der Waals surface area (Å²) in [5.74, 6) is 0.783. The van der Waals surface area contributed by atoms with Crippen molar-refractivity contribution in [3.05, 3.63) is 53.7 Å². The second-order valence-corrected chi connectivity index (χ2v) is 5.05. The van der Waals surface area contributed by atoms with Crippen molar-refractivity contribution < 1.29 is 19.1 Å². The Morgan fingerprint density at radius 3 is 2.54 bits per heavy atom. The lowest BCUT2D eigenvalue weighted by Crippen LogP contribution is -2.28. The normalized spacial score (nSPS) is 10.1. The number of aromatic nitrogens is 1. The summed E-state index contributed by atoms with van der Waals surface area (Å²) in [6.45, 7) is 4.09. The lowest BCUT2D eigenvalue weighted by molar-refractivity contribution is -0.123. The van der Waals surface area contributed by atoms with Gasteiger partial charge in [0.25, 0.3) is 5.91 Å². The highest BCUT2D eigenvalue weighted by Gasteiger charge is 2.07. The number of rotatable bonds is 8. The molecule has 6 nitrogen and oxygen atoms in total. The standard InChI is InChI=1S/C18H20N2O4/c1-3-23-18-15(5-4-10-19-18)11-20-17(22)12-24-16-8-6-14(7-9-16)13(2)21/h4-10H,3,11-12H2,1-2H3,(H,20,22). The van der Waals surface area contributed by atoms with Gasteiger partial charge in [-0.3, -0.25) is 9.59 Å². The van der Waals surface area contributed by atoms with Crippen molar-refractivity contribution in [1.82, 2.24) is 10.3 Å². The van der Waals surface area contributed by atoms with Crippen LogP contribution in [0.1, 0.15) is 29.8 Å². The molecule has 0 aliphatic heterocycles. The van der Waals surface area contributed by atoms with Gasteiger partial charge >= 0.3 is 0 Å². The zero-order valence-electron chi connectivity index (χ0n) is 13.7. The minimum atomic E-state index is -0.253. The highest BCUT2D eigenvalue weighted by Crippen LogP contribution is 2.14. The van der Waals surface area contributed by atoms with Crippen LogP contribution in [0.5, 0.6) is 11.6 Å². The van der Waals surface area contributed by atoms with Gasteiger partial charge in [-0.05, 0) is 44.2 Å². The number of hydrogen-bond acceptors (Lipinski definition) is 5. The first-order valence-corrected chi connectivity index (χ1v) is 7.67. The number of ether oxygens (including phenoxy) is 2. The Labute approximate surface area is 140 Å². The molecule has 24 heavy (non-hydrogen) atoms. The Kier molecular flexibility index (Phi) is 6.31. The van der Waals surface area contributed by atoms with E-state index in [9.17, 15) is 9.59 Å². The number of nitrogens with one attached hydrogen (secondary N) is 1. The number of ketones is 1. The average molecular weight is 328 g/mol. The second kappa shape index (κ2) is 8.67. The van der Waals surface area contributed by atoms with Gasteiger partial charge in [0.15, 0.2) is 12.4 Å². The molecule has 0 bridgehead atoms. The number of Topliss-reactive ketones (excluding diaryl/α,β-unsaturated/α-hetero) is 1. The second-order valence-electron chi connectivity index (χ2n) is 5.05. The molecule has 1 amide bonds. The molecule has 2 rings (SSSR count). The number of hydrogen-bond donors (Lipinski definition) is 1. The molecule has 0 unspecified atom stereocenters. The fourth-order valence-corrected chi connectivity index (χ4v) is 2.00. The molecule has 0 aliphatic carbocycles. The molecule has 0 radical (unpaired) electrons. The van der Waals surface area contributed by atoms with Crippen LogP contribution >= 0.6 is 0 Å². The predicted octanol–water partition coefficient (Wildman–Crippen LogP) is 2.38. The summed E-state index contributed by atoms with van der Waals surface area (Å²) in [5, 5.41) is 2.76. The number of benzene rings is 1. The van der Waals surface area contributed by atoms with Gasteiger partial charge < -0.3 is 14.8 Å². The minimum Gasteiger partial charge on any atom is -0.484 e. The zero-order chi connectivity index (χ0) is 17.4. The summed E-state index contributed by atoms with van der Waals surface area (Å²) < 4.78 is 10.8. The van der Waals surface area contributed by atoms with Crippen molar-refractivity contribution >= 4 is 11.7 Å². The van der Waals surface area contributed by atoms with Gasteiger partial charge in [-0.25, -0.2) is 4.98 Å². The SMILES string of the molecule is CCOc1ncccc1CNC(=O)COc1ccc(C(C)=O)cc1. The van der Waals surface area contributed by atoms with Crippen molar-refractivity contribution in [3.8, 4) is 11.6 Å². The summed E-state index contributed by atoms with van der Waals surface area (Å²) in [6, 6.07) is 10.3. The van der Waals surface area contributed by atoms with E-state index in [1.165, 1.54) is 6.92 Å². The van der Waals surface area contributed by atoms with Crippen molar-refractivity contribution in [3.63, 3.8) is 0 Å². The molecule has 1 aromatic heterocycles. The monoisotopic (exact) mass is 328 g/mol. The van der Waals surface area contributed by atoms with Crippen LogP contribution < -0.4 is 14.8 Å².